The lowest BCUT2D eigenvalue weighted by atomic mass is 10.1. The Morgan fingerprint density at radius 3 is 2.30 bits per heavy atom. The van der Waals surface area contributed by atoms with E-state index in [0.29, 0.717) is 16.9 Å². The van der Waals surface area contributed by atoms with Crippen molar-refractivity contribution in [3.05, 3.63) is 83.4 Å². The lowest BCUT2D eigenvalue weighted by molar-refractivity contribution is -0.140. The molecular weight excluding hydrogens is 570 g/mol. The number of benzene rings is 3. The summed E-state index contributed by atoms with van der Waals surface area (Å²) in [7, 11) is 1.17. The molecule has 3 aromatic carbocycles. The Labute approximate surface area is 252 Å². The summed E-state index contributed by atoms with van der Waals surface area (Å²) in [5.41, 5.74) is 3.21. The molecule has 44 heavy (non-hydrogen) atoms. The van der Waals surface area contributed by atoms with E-state index in [0.717, 1.165) is 15.4 Å². The van der Waals surface area contributed by atoms with Crippen LogP contribution in [0.5, 0.6) is 0 Å². The number of rotatable bonds is 10. The van der Waals surface area contributed by atoms with Crippen LogP contribution in [0.25, 0.3) is 0 Å². The maximum atomic E-state index is 13.3. The fourth-order valence-corrected chi connectivity index (χ4v) is 4.52. The first-order valence-electron chi connectivity index (χ1n) is 13.6. The quantitative estimate of drug-likeness (QED) is 0.256. The molecule has 0 bridgehead atoms. The molecule has 1 aliphatic rings. The normalized spacial score (nSPS) is 12.6. The van der Waals surface area contributed by atoms with E-state index >= 15 is 0 Å². The van der Waals surface area contributed by atoms with Crippen LogP contribution in [0.2, 0.25) is 0 Å². The van der Waals surface area contributed by atoms with Crippen molar-refractivity contribution in [2.45, 2.75) is 19.8 Å². The first-order valence-corrected chi connectivity index (χ1v) is 13.6. The average Bonchev–Trinajstić information content (AvgIpc) is 3.08. The van der Waals surface area contributed by atoms with Crippen molar-refractivity contribution in [3.63, 3.8) is 0 Å². The lowest BCUT2D eigenvalue weighted by Crippen LogP contribution is -2.42. The molecule has 4 rings (SSSR count). The van der Waals surface area contributed by atoms with Crippen LogP contribution in [0.4, 0.5) is 27.5 Å². The highest BCUT2D eigenvalue weighted by Crippen LogP contribution is 2.29. The highest BCUT2D eigenvalue weighted by Gasteiger charge is 2.33. The Morgan fingerprint density at radius 1 is 0.909 bits per heavy atom. The number of esters is 1. The Morgan fingerprint density at radius 2 is 1.61 bits per heavy atom. The molecule has 13 heteroatoms. The minimum atomic E-state index is -1.14. The zero-order chi connectivity index (χ0) is 31.8. The summed E-state index contributed by atoms with van der Waals surface area (Å²) in [5, 5.41) is 17.3. The van der Waals surface area contributed by atoms with Crippen molar-refractivity contribution in [2.24, 2.45) is 0 Å². The van der Waals surface area contributed by atoms with Gasteiger partial charge in [0.15, 0.2) is 0 Å². The molecule has 0 aromatic heterocycles. The SMILES string of the molecule is COC(=O)CN1C(=O)CN(CCC(=O)O)C(=O)c2cc(NC(=O)Cc3ccc(NC(=O)Nc4ccccc4C)cc3)ccc21. The van der Waals surface area contributed by atoms with Crippen molar-refractivity contribution in [3.8, 4) is 0 Å². The number of aryl methyl sites for hydroxylation is 1. The number of ether oxygens (including phenoxy) is 1. The van der Waals surface area contributed by atoms with Gasteiger partial charge in [-0.05, 0) is 54.4 Å². The minimum Gasteiger partial charge on any atom is -0.481 e. The van der Waals surface area contributed by atoms with Crippen LogP contribution in [-0.2, 0) is 30.3 Å². The summed E-state index contributed by atoms with van der Waals surface area (Å²) in [6, 6.07) is 18.0. The summed E-state index contributed by atoms with van der Waals surface area (Å²) in [5.74, 6) is -3.45. The summed E-state index contributed by atoms with van der Waals surface area (Å²) >= 11 is 0. The van der Waals surface area contributed by atoms with Crippen molar-refractivity contribution in [2.75, 3.05) is 47.6 Å². The fraction of sp³-hybridized carbons (Fsp3) is 0.226. The van der Waals surface area contributed by atoms with E-state index in [1.165, 1.54) is 25.3 Å². The maximum absolute atomic E-state index is 13.3. The molecule has 0 spiro atoms. The number of para-hydroxylation sites is 1. The predicted molar refractivity (Wildman–Crippen MR) is 162 cm³/mol. The Bertz CT molecular complexity index is 1600. The van der Waals surface area contributed by atoms with Crippen LogP contribution in [0.3, 0.4) is 0 Å². The molecule has 0 aliphatic carbocycles. The van der Waals surface area contributed by atoms with Gasteiger partial charge in [-0.1, -0.05) is 30.3 Å². The van der Waals surface area contributed by atoms with Gasteiger partial charge in [0.2, 0.25) is 11.8 Å². The molecule has 0 unspecified atom stereocenters. The lowest BCUT2D eigenvalue weighted by Gasteiger charge is -2.21. The van der Waals surface area contributed by atoms with Gasteiger partial charge in [-0.15, -0.1) is 0 Å². The number of methoxy groups -OCH3 is 1. The number of carbonyl (C=O) groups is 6. The van der Waals surface area contributed by atoms with E-state index in [1.807, 2.05) is 25.1 Å². The number of urea groups is 1. The molecular formula is C31H31N5O8. The van der Waals surface area contributed by atoms with Gasteiger partial charge in [-0.25, -0.2) is 4.79 Å². The summed E-state index contributed by atoms with van der Waals surface area (Å²) in [4.78, 5) is 76.8. The van der Waals surface area contributed by atoms with Gasteiger partial charge in [0.25, 0.3) is 5.91 Å². The molecule has 1 heterocycles. The van der Waals surface area contributed by atoms with Crippen molar-refractivity contribution in [1.29, 1.82) is 0 Å². The number of carboxylic acids is 1. The van der Waals surface area contributed by atoms with Crippen LogP contribution in [0.1, 0.15) is 27.9 Å². The maximum Gasteiger partial charge on any atom is 0.325 e. The van der Waals surface area contributed by atoms with Crippen LogP contribution < -0.4 is 20.9 Å². The highest BCUT2D eigenvalue weighted by molar-refractivity contribution is 6.12. The molecule has 0 saturated carbocycles. The molecule has 4 N–H and O–H groups in total. The first-order chi connectivity index (χ1) is 21.0. The predicted octanol–water partition coefficient (Wildman–Crippen LogP) is 3.26. The number of carboxylic acid groups (broad SMARTS) is 1. The highest BCUT2D eigenvalue weighted by atomic mass is 16.5. The van der Waals surface area contributed by atoms with Crippen LogP contribution >= 0.6 is 0 Å². The zero-order valence-electron chi connectivity index (χ0n) is 24.1. The molecule has 13 nitrogen and oxygen atoms in total. The van der Waals surface area contributed by atoms with Gasteiger partial charge in [0.05, 0.1) is 31.2 Å². The van der Waals surface area contributed by atoms with E-state index < -0.39 is 48.8 Å². The number of amides is 5. The van der Waals surface area contributed by atoms with Gasteiger partial charge in [0.1, 0.15) is 13.1 Å². The number of carbonyl (C=O) groups excluding carboxylic acids is 5. The monoisotopic (exact) mass is 601 g/mol. The van der Waals surface area contributed by atoms with E-state index in [4.69, 9.17) is 5.11 Å². The Hall–Kier alpha value is -5.72. The van der Waals surface area contributed by atoms with Crippen LogP contribution in [0, 0.1) is 6.92 Å². The van der Waals surface area contributed by atoms with Crippen LogP contribution in [0.15, 0.2) is 66.7 Å². The number of hydrogen-bond acceptors (Lipinski definition) is 7. The van der Waals surface area contributed by atoms with Crippen molar-refractivity contribution >= 4 is 58.4 Å². The third-order valence-corrected chi connectivity index (χ3v) is 6.80. The largest absolute Gasteiger partial charge is 0.481 e. The zero-order valence-corrected chi connectivity index (χ0v) is 24.1. The average molecular weight is 602 g/mol. The molecule has 0 fully saturated rings. The Kier molecular flexibility index (Phi) is 9.91. The summed E-state index contributed by atoms with van der Waals surface area (Å²) < 4.78 is 4.69. The van der Waals surface area contributed by atoms with E-state index in [9.17, 15) is 28.8 Å². The van der Waals surface area contributed by atoms with E-state index in [2.05, 4.69) is 20.7 Å². The second-order valence-electron chi connectivity index (χ2n) is 9.97. The van der Waals surface area contributed by atoms with E-state index in [-0.39, 0.29) is 36.3 Å². The number of aliphatic carboxylic acids is 1. The standard InChI is InChI=1S/C31H31N5O8/c1-19-5-3-4-6-24(19)34-31(43)33-21-9-7-20(8-10-21)15-26(37)32-22-11-12-25-23(16-22)30(42)35(14-13-28(39)40)17-27(38)36(25)18-29(41)44-2/h3-12,16H,13-15,17-18H2,1-2H3,(H,32,37)(H,39,40)(H2,33,34,43). The third-order valence-electron chi connectivity index (χ3n) is 6.80. The van der Waals surface area contributed by atoms with E-state index in [1.54, 1.807) is 30.3 Å². The topological polar surface area (TPSA) is 174 Å². The fourth-order valence-electron chi connectivity index (χ4n) is 4.52. The minimum absolute atomic E-state index is 0.0155. The molecule has 0 atom stereocenters. The van der Waals surface area contributed by atoms with Gasteiger partial charge in [0, 0.05) is 23.6 Å². The van der Waals surface area contributed by atoms with Crippen molar-refractivity contribution in [1.82, 2.24) is 4.90 Å². The molecule has 0 radical (unpaired) electrons. The third kappa shape index (κ3) is 7.97. The van der Waals surface area contributed by atoms with Gasteiger partial charge < -0.3 is 30.7 Å². The van der Waals surface area contributed by atoms with Gasteiger partial charge in [-0.3, -0.25) is 28.9 Å². The number of hydrogen-bond donors (Lipinski definition) is 4. The molecule has 0 saturated heterocycles. The number of nitrogens with zero attached hydrogens (tertiary/aromatic N) is 2. The smallest absolute Gasteiger partial charge is 0.325 e. The second-order valence-corrected chi connectivity index (χ2v) is 9.97. The number of nitrogens with one attached hydrogen (secondary N) is 3. The van der Waals surface area contributed by atoms with Gasteiger partial charge >= 0.3 is 18.0 Å². The summed E-state index contributed by atoms with van der Waals surface area (Å²) in [6.07, 6.45) is -0.397. The van der Waals surface area contributed by atoms with Gasteiger partial charge in [-0.2, -0.15) is 0 Å². The summed E-state index contributed by atoms with van der Waals surface area (Å²) in [6.45, 7) is 0.779. The molecule has 3 aromatic rings. The molecule has 228 valence electrons. The number of anilines is 4. The number of fused-ring (bicyclic) bond motifs is 1. The molecule has 1 aliphatic heterocycles. The first kappa shape index (κ1) is 31.2. The van der Waals surface area contributed by atoms with Crippen LogP contribution in [-0.4, -0.2) is 72.4 Å². The second kappa shape index (κ2) is 14.0. The van der Waals surface area contributed by atoms with Crippen molar-refractivity contribution < 1.29 is 38.6 Å². The Balaban J connectivity index is 1.44. The molecule has 5 amide bonds.